The Labute approximate surface area is 126 Å². The molecule has 2 aliphatic rings. The monoisotopic (exact) mass is 294 g/mol. The van der Waals surface area contributed by atoms with Gasteiger partial charge >= 0.3 is 6.01 Å². The maximum atomic E-state index is 5.77. The van der Waals surface area contributed by atoms with E-state index in [4.69, 9.17) is 9.15 Å². The molecule has 6 heteroatoms. The van der Waals surface area contributed by atoms with Gasteiger partial charge in [-0.2, -0.15) is 0 Å². The number of rotatable bonds is 5. The smallest absolute Gasteiger partial charge is 0.318 e. The average Bonchev–Trinajstić information content (AvgIpc) is 2.98. The van der Waals surface area contributed by atoms with Crippen LogP contribution in [-0.4, -0.2) is 61.0 Å². The van der Waals surface area contributed by atoms with E-state index in [1.807, 2.05) is 0 Å². The summed E-state index contributed by atoms with van der Waals surface area (Å²) in [6.07, 6.45) is 4.42. The number of morpholine rings is 1. The number of anilines is 1. The number of aromatic nitrogens is 2. The lowest BCUT2D eigenvalue weighted by atomic mass is 9.97. The Morgan fingerprint density at radius 3 is 2.86 bits per heavy atom. The van der Waals surface area contributed by atoms with Gasteiger partial charge in [0.05, 0.1) is 13.2 Å². The molecular formula is C15H26N4O2. The van der Waals surface area contributed by atoms with Crippen molar-refractivity contribution in [3.05, 3.63) is 5.89 Å². The molecule has 118 valence electrons. The van der Waals surface area contributed by atoms with E-state index in [2.05, 4.69) is 26.9 Å². The molecule has 0 bridgehead atoms. The van der Waals surface area contributed by atoms with Gasteiger partial charge in [0.15, 0.2) is 0 Å². The molecule has 0 N–H and O–H groups in total. The van der Waals surface area contributed by atoms with Crippen LogP contribution in [-0.2, 0) is 11.2 Å². The van der Waals surface area contributed by atoms with Gasteiger partial charge in [-0.15, -0.1) is 5.10 Å². The van der Waals surface area contributed by atoms with Crippen LogP contribution in [0.5, 0.6) is 0 Å². The first-order valence-corrected chi connectivity index (χ1v) is 8.22. The van der Waals surface area contributed by atoms with Crippen LogP contribution in [0.1, 0.15) is 32.1 Å². The summed E-state index contributed by atoms with van der Waals surface area (Å²) in [5.41, 5.74) is 0. The summed E-state index contributed by atoms with van der Waals surface area (Å²) in [6.45, 7) is 9.24. The van der Waals surface area contributed by atoms with Crippen LogP contribution < -0.4 is 4.90 Å². The van der Waals surface area contributed by atoms with Gasteiger partial charge in [-0.25, -0.2) is 0 Å². The molecule has 1 aromatic rings. The zero-order chi connectivity index (χ0) is 14.5. The molecule has 3 rings (SSSR count). The number of nitrogens with zero attached hydrogens (tertiary/aromatic N) is 4. The molecule has 3 heterocycles. The molecule has 0 radical (unpaired) electrons. The number of aryl methyl sites for hydroxylation is 1. The zero-order valence-corrected chi connectivity index (χ0v) is 13.0. The SMILES string of the molecule is CCCc1nnc(N2CCCC(CN3CCOCC3)C2)o1. The summed E-state index contributed by atoms with van der Waals surface area (Å²) in [6, 6.07) is 0.713. The first kappa shape index (κ1) is 14.8. The molecule has 2 fully saturated rings. The molecule has 0 aromatic carbocycles. The fourth-order valence-electron chi connectivity index (χ4n) is 3.22. The lowest BCUT2D eigenvalue weighted by Gasteiger charge is -2.36. The van der Waals surface area contributed by atoms with Crippen LogP contribution >= 0.6 is 0 Å². The normalized spacial score (nSPS) is 24.4. The van der Waals surface area contributed by atoms with E-state index in [0.717, 1.165) is 64.7 Å². The molecule has 0 amide bonds. The second kappa shape index (κ2) is 7.22. The van der Waals surface area contributed by atoms with E-state index in [1.165, 1.54) is 12.8 Å². The van der Waals surface area contributed by atoms with E-state index in [1.54, 1.807) is 0 Å². The maximum absolute atomic E-state index is 5.77. The second-order valence-electron chi connectivity index (χ2n) is 6.10. The highest BCUT2D eigenvalue weighted by molar-refractivity contribution is 5.25. The van der Waals surface area contributed by atoms with Crippen LogP contribution in [0.25, 0.3) is 0 Å². The van der Waals surface area contributed by atoms with E-state index in [0.29, 0.717) is 11.9 Å². The lowest BCUT2D eigenvalue weighted by Crippen LogP contribution is -2.44. The summed E-state index contributed by atoms with van der Waals surface area (Å²) in [7, 11) is 0. The molecule has 1 atom stereocenters. The summed E-state index contributed by atoms with van der Waals surface area (Å²) in [4.78, 5) is 4.79. The minimum absolute atomic E-state index is 0.693. The van der Waals surface area contributed by atoms with Crippen molar-refractivity contribution in [2.24, 2.45) is 5.92 Å². The molecule has 0 aliphatic carbocycles. The Bertz CT molecular complexity index is 431. The van der Waals surface area contributed by atoms with Gasteiger partial charge in [0.2, 0.25) is 5.89 Å². The Balaban J connectivity index is 1.54. The van der Waals surface area contributed by atoms with Crippen LogP contribution in [0, 0.1) is 5.92 Å². The molecule has 0 spiro atoms. The molecule has 1 aromatic heterocycles. The third-order valence-corrected chi connectivity index (χ3v) is 4.33. The highest BCUT2D eigenvalue weighted by Gasteiger charge is 2.25. The van der Waals surface area contributed by atoms with Gasteiger partial charge in [-0.1, -0.05) is 12.0 Å². The highest BCUT2D eigenvalue weighted by atomic mass is 16.5. The fourth-order valence-corrected chi connectivity index (χ4v) is 3.22. The predicted molar refractivity (Wildman–Crippen MR) is 80.5 cm³/mol. The minimum Gasteiger partial charge on any atom is -0.408 e. The number of hydrogen-bond acceptors (Lipinski definition) is 6. The van der Waals surface area contributed by atoms with Crippen molar-refractivity contribution in [3.63, 3.8) is 0 Å². The molecule has 0 saturated carbocycles. The standard InChI is InChI=1S/C15H26N4O2/c1-2-4-14-16-17-15(21-14)19-6-3-5-13(12-19)11-18-7-9-20-10-8-18/h13H,2-12H2,1H3. The summed E-state index contributed by atoms with van der Waals surface area (Å²) in [5.74, 6) is 1.46. The topological polar surface area (TPSA) is 54.6 Å². The molecular weight excluding hydrogens is 268 g/mol. The van der Waals surface area contributed by atoms with Gasteiger partial charge in [0, 0.05) is 39.1 Å². The van der Waals surface area contributed by atoms with E-state index in [9.17, 15) is 0 Å². The Kier molecular flexibility index (Phi) is 5.08. The largest absolute Gasteiger partial charge is 0.408 e. The quantitative estimate of drug-likeness (QED) is 0.821. The van der Waals surface area contributed by atoms with Crippen molar-refractivity contribution < 1.29 is 9.15 Å². The third kappa shape index (κ3) is 3.95. The van der Waals surface area contributed by atoms with Gasteiger partial charge in [-0.05, 0) is 25.2 Å². The Hall–Kier alpha value is -1.14. The first-order valence-electron chi connectivity index (χ1n) is 8.22. The van der Waals surface area contributed by atoms with Crippen LogP contribution in [0.4, 0.5) is 6.01 Å². The molecule has 2 aliphatic heterocycles. The van der Waals surface area contributed by atoms with Crippen molar-refractivity contribution in [1.29, 1.82) is 0 Å². The Morgan fingerprint density at radius 1 is 1.19 bits per heavy atom. The third-order valence-electron chi connectivity index (χ3n) is 4.33. The molecule has 1 unspecified atom stereocenters. The minimum atomic E-state index is 0.693. The summed E-state index contributed by atoms with van der Waals surface area (Å²) in [5, 5.41) is 8.35. The van der Waals surface area contributed by atoms with E-state index in [-0.39, 0.29) is 0 Å². The highest BCUT2D eigenvalue weighted by Crippen LogP contribution is 2.23. The van der Waals surface area contributed by atoms with Crippen molar-refractivity contribution in [2.75, 3.05) is 50.8 Å². The van der Waals surface area contributed by atoms with Crippen LogP contribution in [0.3, 0.4) is 0 Å². The average molecular weight is 294 g/mol. The fraction of sp³-hybridized carbons (Fsp3) is 0.867. The van der Waals surface area contributed by atoms with Crippen molar-refractivity contribution in [1.82, 2.24) is 15.1 Å². The van der Waals surface area contributed by atoms with Gasteiger partial charge in [0.1, 0.15) is 0 Å². The number of piperidine rings is 1. The van der Waals surface area contributed by atoms with Crippen molar-refractivity contribution in [2.45, 2.75) is 32.6 Å². The van der Waals surface area contributed by atoms with Crippen LogP contribution in [0.2, 0.25) is 0 Å². The first-order chi connectivity index (χ1) is 10.3. The van der Waals surface area contributed by atoms with E-state index < -0.39 is 0 Å². The number of hydrogen-bond donors (Lipinski definition) is 0. The predicted octanol–water partition coefficient (Wildman–Crippen LogP) is 1.57. The summed E-state index contributed by atoms with van der Waals surface area (Å²) >= 11 is 0. The maximum Gasteiger partial charge on any atom is 0.318 e. The van der Waals surface area contributed by atoms with E-state index >= 15 is 0 Å². The lowest BCUT2D eigenvalue weighted by molar-refractivity contribution is 0.0295. The molecule has 21 heavy (non-hydrogen) atoms. The zero-order valence-electron chi connectivity index (χ0n) is 13.0. The molecule has 2 saturated heterocycles. The summed E-state index contributed by atoms with van der Waals surface area (Å²) < 4.78 is 11.2. The van der Waals surface area contributed by atoms with Gasteiger partial charge in [0.25, 0.3) is 0 Å². The van der Waals surface area contributed by atoms with Crippen molar-refractivity contribution >= 4 is 6.01 Å². The van der Waals surface area contributed by atoms with Gasteiger partial charge in [-0.3, -0.25) is 4.90 Å². The van der Waals surface area contributed by atoms with Gasteiger partial charge < -0.3 is 14.1 Å². The second-order valence-corrected chi connectivity index (χ2v) is 6.10. The Morgan fingerprint density at radius 2 is 2.05 bits per heavy atom. The number of ether oxygens (including phenoxy) is 1. The van der Waals surface area contributed by atoms with Crippen LogP contribution in [0.15, 0.2) is 4.42 Å². The molecule has 6 nitrogen and oxygen atoms in total. The van der Waals surface area contributed by atoms with Crippen molar-refractivity contribution in [3.8, 4) is 0 Å².